The zero-order chi connectivity index (χ0) is 21.0. The number of aliphatic hydroxyl groups excluding tert-OH is 2. The van der Waals surface area contributed by atoms with Crippen molar-refractivity contribution in [2.24, 2.45) is 0 Å². The number of hydrogen-bond acceptors (Lipinski definition) is 6. The summed E-state index contributed by atoms with van der Waals surface area (Å²) in [6.07, 6.45) is 0.361. The second-order valence-electron chi connectivity index (χ2n) is 6.36. The topological polar surface area (TPSA) is 131 Å². The molecule has 150 valence electrons. The molecular weight excluding hydrogens is 362 g/mol. The molecule has 8 nitrogen and oxygen atoms in total. The van der Waals surface area contributed by atoms with Gasteiger partial charge in [-0.2, -0.15) is 0 Å². The average Bonchev–Trinajstić information content (AvgIpc) is 2.70. The minimum absolute atomic E-state index is 0.0138. The first-order valence-corrected chi connectivity index (χ1v) is 8.66. The Labute approximate surface area is 164 Å². The molecule has 2 amide bonds. The summed E-state index contributed by atoms with van der Waals surface area (Å²) in [6.45, 7) is 3.39. The Morgan fingerprint density at radius 2 is 1.79 bits per heavy atom. The van der Waals surface area contributed by atoms with E-state index in [0.29, 0.717) is 17.5 Å². The van der Waals surface area contributed by atoms with Crippen molar-refractivity contribution in [3.8, 4) is 23.7 Å². The van der Waals surface area contributed by atoms with Crippen LogP contribution in [0.3, 0.4) is 0 Å². The van der Waals surface area contributed by atoms with E-state index >= 15 is 0 Å². The number of carbonyl (C=O) groups excluding carboxylic acids is 2. The maximum Gasteiger partial charge on any atom is 0.267 e. The molecule has 28 heavy (non-hydrogen) atoms. The lowest BCUT2D eigenvalue weighted by molar-refractivity contribution is -0.133. The van der Waals surface area contributed by atoms with E-state index in [-0.39, 0.29) is 19.8 Å². The molecular formula is C20H25N3O5. The quantitative estimate of drug-likeness (QED) is 0.200. The first kappa shape index (κ1) is 23.2. The molecule has 1 aromatic rings. The molecule has 0 saturated heterocycles. The summed E-state index contributed by atoms with van der Waals surface area (Å²) in [7, 11) is 0. The van der Waals surface area contributed by atoms with Gasteiger partial charge in [0.15, 0.2) is 0 Å². The lowest BCUT2D eigenvalue weighted by Crippen LogP contribution is -2.63. The van der Waals surface area contributed by atoms with Crippen molar-refractivity contribution in [1.29, 1.82) is 0 Å². The molecule has 0 aliphatic heterocycles. The summed E-state index contributed by atoms with van der Waals surface area (Å²) in [6, 6.07) is 5.32. The highest BCUT2D eigenvalue weighted by molar-refractivity contribution is 5.97. The normalized spacial score (nSPS) is 11.3. The Morgan fingerprint density at radius 1 is 1.11 bits per heavy atom. The number of aliphatic hydroxyl groups is 2. The van der Waals surface area contributed by atoms with Crippen molar-refractivity contribution in [2.75, 3.05) is 19.8 Å². The summed E-state index contributed by atoms with van der Waals surface area (Å²) >= 11 is 0. The fourth-order valence-corrected chi connectivity index (χ4v) is 2.30. The van der Waals surface area contributed by atoms with Gasteiger partial charge in [-0.3, -0.25) is 14.8 Å². The highest BCUT2D eigenvalue weighted by atomic mass is 16.5. The molecule has 0 radical (unpaired) electrons. The van der Waals surface area contributed by atoms with E-state index in [1.165, 1.54) is 0 Å². The molecule has 0 heterocycles. The molecule has 0 spiro atoms. The van der Waals surface area contributed by atoms with Crippen LogP contribution in [0.4, 0.5) is 0 Å². The van der Waals surface area contributed by atoms with E-state index in [1.807, 2.05) is 0 Å². The molecule has 0 aromatic heterocycles. The number of hydrogen-bond donors (Lipinski definition) is 6. The standard InChI is InChI=1S/C20H25N3O5/c1-20(2,21-12-14-25)17(19(27)23-28)22-18(26)16-10-8-15(9-11-16)7-5-3-4-6-13-24/h8-11,17,21,24-25,28H,6,12-14H2,1-2H3,(H,22,26)(H,23,27). The monoisotopic (exact) mass is 387 g/mol. The fourth-order valence-electron chi connectivity index (χ4n) is 2.30. The number of benzene rings is 1. The van der Waals surface area contributed by atoms with Gasteiger partial charge in [0.1, 0.15) is 6.04 Å². The largest absolute Gasteiger partial charge is 0.395 e. The number of hydroxylamine groups is 1. The Hall–Kier alpha value is -2.88. The number of nitrogens with one attached hydrogen (secondary N) is 3. The molecule has 0 bridgehead atoms. The van der Waals surface area contributed by atoms with Crippen LogP contribution in [0.5, 0.6) is 0 Å². The predicted octanol–water partition coefficient (Wildman–Crippen LogP) is -0.612. The summed E-state index contributed by atoms with van der Waals surface area (Å²) in [4.78, 5) is 24.5. The number of β-amino-alcohol motifs (C(OH)–C–C–N with tert-alkyl or cyclic N) is 1. The summed E-state index contributed by atoms with van der Waals surface area (Å²) in [5.41, 5.74) is 1.59. The van der Waals surface area contributed by atoms with E-state index in [4.69, 9.17) is 15.4 Å². The van der Waals surface area contributed by atoms with Gasteiger partial charge in [0.05, 0.1) is 13.2 Å². The van der Waals surface area contributed by atoms with Gasteiger partial charge in [0.2, 0.25) is 0 Å². The molecule has 1 aromatic carbocycles. The first-order chi connectivity index (χ1) is 13.4. The van der Waals surface area contributed by atoms with Crippen LogP contribution in [-0.4, -0.2) is 58.6 Å². The molecule has 1 rings (SSSR count). The lowest BCUT2D eigenvalue weighted by Gasteiger charge is -2.34. The predicted molar refractivity (Wildman–Crippen MR) is 103 cm³/mol. The van der Waals surface area contributed by atoms with Gasteiger partial charge in [-0.05, 0) is 50.0 Å². The minimum atomic E-state index is -1.09. The van der Waals surface area contributed by atoms with Crippen LogP contribution in [0.25, 0.3) is 0 Å². The number of amides is 2. The molecule has 6 N–H and O–H groups in total. The molecule has 0 aliphatic rings. The Balaban J connectivity index is 2.88. The lowest BCUT2D eigenvalue weighted by atomic mass is 9.93. The van der Waals surface area contributed by atoms with Gasteiger partial charge >= 0.3 is 0 Å². The third-order valence-electron chi connectivity index (χ3n) is 3.80. The molecule has 1 unspecified atom stereocenters. The Kier molecular flexibility index (Phi) is 9.72. The van der Waals surface area contributed by atoms with Gasteiger partial charge in [-0.15, -0.1) is 0 Å². The van der Waals surface area contributed by atoms with Gasteiger partial charge in [0.25, 0.3) is 11.8 Å². The maximum absolute atomic E-state index is 12.5. The summed E-state index contributed by atoms with van der Waals surface area (Å²) in [5.74, 6) is 9.47. The van der Waals surface area contributed by atoms with Gasteiger partial charge in [-0.25, -0.2) is 5.48 Å². The van der Waals surface area contributed by atoms with Gasteiger partial charge in [0, 0.05) is 29.6 Å². The van der Waals surface area contributed by atoms with E-state index in [0.717, 1.165) is 0 Å². The molecule has 1 atom stereocenters. The van der Waals surface area contributed by atoms with Gasteiger partial charge < -0.3 is 20.8 Å². The van der Waals surface area contributed by atoms with Crippen molar-refractivity contribution in [3.05, 3.63) is 35.4 Å². The molecule has 0 fully saturated rings. The van der Waals surface area contributed by atoms with Crippen LogP contribution < -0.4 is 16.1 Å². The van der Waals surface area contributed by atoms with Crippen LogP contribution in [0, 0.1) is 23.7 Å². The molecule has 0 aliphatic carbocycles. The van der Waals surface area contributed by atoms with Crippen LogP contribution in [0.1, 0.15) is 36.2 Å². The second kappa shape index (κ2) is 11.8. The zero-order valence-electron chi connectivity index (χ0n) is 15.9. The van der Waals surface area contributed by atoms with Crippen LogP contribution in [0.2, 0.25) is 0 Å². The molecule has 0 saturated carbocycles. The SMILES string of the molecule is CC(C)(NCCO)C(NC(=O)c1ccc(C#CC#CCCO)cc1)C(=O)NO. The van der Waals surface area contributed by atoms with Crippen molar-refractivity contribution in [1.82, 2.24) is 16.1 Å². The fraction of sp³-hybridized carbons (Fsp3) is 0.400. The second-order valence-corrected chi connectivity index (χ2v) is 6.36. The van der Waals surface area contributed by atoms with Gasteiger partial charge in [-0.1, -0.05) is 11.8 Å². The van der Waals surface area contributed by atoms with Crippen molar-refractivity contribution < 1.29 is 25.0 Å². The van der Waals surface area contributed by atoms with E-state index in [1.54, 1.807) is 43.6 Å². The Bertz CT molecular complexity index is 782. The zero-order valence-corrected chi connectivity index (χ0v) is 15.9. The highest BCUT2D eigenvalue weighted by Gasteiger charge is 2.36. The summed E-state index contributed by atoms with van der Waals surface area (Å²) in [5, 5.41) is 32.1. The van der Waals surface area contributed by atoms with Crippen molar-refractivity contribution in [2.45, 2.75) is 31.8 Å². The minimum Gasteiger partial charge on any atom is -0.395 e. The number of carbonyl (C=O) groups is 2. The summed E-state index contributed by atoms with van der Waals surface area (Å²) < 4.78 is 0. The Morgan fingerprint density at radius 3 is 2.36 bits per heavy atom. The highest BCUT2D eigenvalue weighted by Crippen LogP contribution is 2.11. The van der Waals surface area contributed by atoms with Crippen molar-refractivity contribution in [3.63, 3.8) is 0 Å². The van der Waals surface area contributed by atoms with Crippen LogP contribution >= 0.6 is 0 Å². The third kappa shape index (κ3) is 7.39. The first-order valence-electron chi connectivity index (χ1n) is 8.66. The van der Waals surface area contributed by atoms with E-state index in [9.17, 15) is 9.59 Å². The molecule has 8 heteroatoms. The van der Waals surface area contributed by atoms with E-state index < -0.39 is 23.4 Å². The van der Waals surface area contributed by atoms with Crippen molar-refractivity contribution >= 4 is 11.8 Å². The van der Waals surface area contributed by atoms with Crippen LogP contribution in [0.15, 0.2) is 24.3 Å². The van der Waals surface area contributed by atoms with E-state index in [2.05, 4.69) is 34.3 Å². The van der Waals surface area contributed by atoms with Crippen LogP contribution in [-0.2, 0) is 4.79 Å². The average molecular weight is 387 g/mol. The third-order valence-corrected chi connectivity index (χ3v) is 3.80. The maximum atomic E-state index is 12.5. The number of rotatable bonds is 8. The smallest absolute Gasteiger partial charge is 0.267 e.